The number of aliphatic carboxylic acids is 1. The lowest BCUT2D eigenvalue weighted by atomic mass is 10.2. The Morgan fingerprint density at radius 3 is 2.55 bits per heavy atom. The predicted molar refractivity (Wildman–Crippen MR) is 91.6 cm³/mol. The van der Waals surface area contributed by atoms with Crippen LogP contribution < -0.4 is 10.1 Å². The molecule has 2 N–H and O–H groups in total. The number of carbonyl (C=O) groups is 2. The maximum absolute atomic E-state index is 11.9. The molecule has 22 heavy (non-hydrogen) atoms. The molecular weight excluding hydrogens is 322 g/mol. The second-order valence-corrected chi connectivity index (χ2v) is 6.87. The zero-order valence-corrected chi connectivity index (χ0v) is 13.8. The summed E-state index contributed by atoms with van der Waals surface area (Å²) >= 11 is 0. The van der Waals surface area contributed by atoms with Gasteiger partial charge in [-0.3, -0.25) is 9.59 Å². The molecule has 1 amide bonds. The van der Waals surface area contributed by atoms with Crippen LogP contribution in [0.3, 0.4) is 0 Å². The molecule has 0 unspecified atom stereocenters. The van der Waals surface area contributed by atoms with Crippen LogP contribution in [-0.2, 0) is 4.79 Å². The smallest absolute Gasteiger partial charge is 0.304 e. The highest BCUT2D eigenvalue weighted by Gasteiger charge is 2.05. The first-order valence-corrected chi connectivity index (χ1v) is 9.20. The summed E-state index contributed by atoms with van der Waals surface area (Å²) in [5.74, 6) is 1.08. The van der Waals surface area contributed by atoms with Crippen LogP contribution >= 0.6 is 21.6 Å². The molecule has 1 rings (SSSR count). The van der Waals surface area contributed by atoms with Crippen molar-refractivity contribution in [3.05, 3.63) is 42.5 Å². The van der Waals surface area contributed by atoms with Gasteiger partial charge in [0.1, 0.15) is 12.4 Å². The quantitative estimate of drug-likeness (QED) is 0.366. The Morgan fingerprint density at radius 2 is 1.91 bits per heavy atom. The van der Waals surface area contributed by atoms with Crippen molar-refractivity contribution in [2.24, 2.45) is 0 Å². The van der Waals surface area contributed by atoms with Crippen LogP contribution in [0.15, 0.2) is 36.9 Å². The second-order valence-electron chi connectivity index (χ2n) is 4.17. The fraction of sp³-hybridized carbons (Fsp3) is 0.333. The summed E-state index contributed by atoms with van der Waals surface area (Å²) in [7, 11) is 3.05. The van der Waals surface area contributed by atoms with Gasteiger partial charge in [-0.1, -0.05) is 34.2 Å². The molecule has 0 aliphatic heterocycles. The molecule has 0 atom stereocenters. The molecule has 1 aromatic rings. The number of rotatable bonds is 11. The van der Waals surface area contributed by atoms with Crippen LogP contribution in [-0.4, -0.2) is 41.6 Å². The van der Waals surface area contributed by atoms with Gasteiger partial charge in [0, 0.05) is 23.6 Å². The van der Waals surface area contributed by atoms with Crippen molar-refractivity contribution in [1.82, 2.24) is 5.32 Å². The third-order valence-corrected chi connectivity index (χ3v) is 4.85. The van der Waals surface area contributed by atoms with Crippen LogP contribution in [0.5, 0.6) is 5.75 Å². The van der Waals surface area contributed by atoms with E-state index in [1.54, 1.807) is 41.1 Å². The van der Waals surface area contributed by atoms with E-state index in [4.69, 9.17) is 9.84 Å². The monoisotopic (exact) mass is 341 g/mol. The van der Waals surface area contributed by atoms with Crippen molar-refractivity contribution in [3.8, 4) is 5.75 Å². The molecule has 0 aliphatic rings. The van der Waals surface area contributed by atoms with Crippen LogP contribution in [0.1, 0.15) is 16.8 Å². The van der Waals surface area contributed by atoms with Gasteiger partial charge in [0.2, 0.25) is 0 Å². The van der Waals surface area contributed by atoms with Gasteiger partial charge in [-0.2, -0.15) is 0 Å². The summed E-state index contributed by atoms with van der Waals surface area (Å²) in [6, 6.07) is 6.91. The summed E-state index contributed by atoms with van der Waals surface area (Å²) in [4.78, 5) is 22.2. The number of amides is 1. The summed E-state index contributed by atoms with van der Waals surface area (Å²) in [6.45, 7) is 4.54. The van der Waals surface area contributed by atoms with Crippen molar-refractivity contribution in [2.75, 3.05) is 24.7 Å². The molecule has 5 nitrogen and oxygen atoms in total. The zero-order chi connectivity index (χ0) is 16.2. The topological polar surface area (TPSA) is 75.6 Å². The third-order valence-electron chi connectivity index (χ3n) is 2.44. The maximum Gasteiger partial charge on any atom is 0.304 e. The minimum atomic E-state index is -0.790. The lowest BCUT2D eigenvalue weighted by Crippen LogP contribution is -2.25. The lowest BCUT2D eigenvalue weighted by molar-refractivity contribution is -0.136. The normalized spacial score (nSPS) is 10.0. The Balaban J connectivity index is 2.19. The first-order chi connectivity index (χ1) is 10.6. The van der Waals surface area contributed by atoms with Gasteiger partial charge < -0.3 is 15.2 Å². The van der Waals surface area contributed by atoms with Gasteiger partial charge in [-0.05, 0) is 24.3 Å². The summed E-state index contributed by atoms with van der Waals surface area (Å²) in [6.07, 6.45) is 1.82. The predicted octanol–water partition coefficient (Wildman–Crippen LogP) is 2.84. The Labute approximate surface area is 137 Å². The van der Waals surface area contributed by atoms with Gasteiger partial charge in [0.15, 0.2) is 0 Å². The Hall–Kier alpha value is -1.60. The molecule has 1 aromatic carbocycles. The Morgan fingerprint density at radius 1 is 1.23 bits per heavy atom. The maximum atomic E-state index is 11.9. The molecule has 0 saturated carbocycles. The number of hydrogen-bond donors (Lipinski definition) is 2. The average molecular weight is 341 g/mol. The van der Waals surface area contributed by atoms with Gasteiger partial charge in [0.05, 0.1) is 6.42 Å². The van der Waals surface area contributed by atoms with Crippen molar-refractivity contribution in [2.45, 2.75) is 6.42 Å². The molecule has 0 bridgehead atoms. The third kappa shape index (κ3) is 7.99. The highest BCUT2D eigenvalue weighted by Crippen LogP contribution is 2.21. The molecule has 0 heterocycles. The Bertz CT molecular complexity index is 491. The van der Waals surface area contributed by atoms with E-state index < -0.39 is 5.97 Å². The van der Waals surface area contributed by atoms with Crippen LogP contribution in [0, 0.1) is 0 Å². The van der Waals surface area contributed by atoms with E-state index in [1.807, 2.05) is 0 Å². The number of carboxylic acid groups (broad SMARTS) is 1. The van der Waals surface area contributed by atoms with E-state index >= 15 is 0 Å². The Kier molecular flexibility index (Phi) is 9.25. The molecule has 120 valence electrons. The van der Waals surface area contributed by atoms with Crippen LogP contribution in [0.4, 0.5) is 0 Å². The van der Waals surface area contributed by atoms with E-state index in [0.717, 1.165) is 5.75 Å². The number of ether oxygens (including phenoxy) is 1. The fourth-order valence-electron chi connectivity index (χ4n) is 1.41. The summed E-state index contributed by atoms with van der Waals surface area (Å²) in [5.41, 5.74) is 0.578. The lowest BCUT2D eigenvalue weighted by Gasteiger charge is -2.06. The highest BCUT2D eigenvalue weighted by atomic mass is 33.1. The fourth-order valence-corrected chi connectivity index (χ4v) is 3.30. The van der Waals surface area contributed by atoms with Gasteiger partial charge in [-0.25, -0.2) is 0 Å². The van der Waals surface area contributed by atoms with Crippen molar-refractivity contribution >= 4 is 33.5 Å². The summed E-state index contributed by atoms with van der Waals surface area (Å²) < 4.78 is 5.35. The molecule has 0 radical (unpaired) electrons. The van der Waals surface area contributed by atoms with E-state index in [2.05, 4.69) is 11.9 Å². The van der Waals surface area contributed by atoms with E-state index in [1.165, 1.54) is 10.8 Å². The molecule has 0 saturated heterocycles. The standard InChI is InChI=1S/C15H19NO4S2/c1-2-9-20-13-5-3-12(4-6-13)15(19)16-8-11-22-21-10-7-14(17)18/h2-6H,1,7-11H2,(H,16,19)(H,17,18). The number of carbonyl (C=O) groups excluding carboxylic acids is 1. The first-order valence-electron chi connectivity index (χ1n) is 6.71. The van der Waals surface area contributed by atoms with Crippen molar-refractivity contribution in [3.63, 3.8) is 0 Å². The number of carboxylic acids is 1. The number of nitrogens with one attached hydrogen (secondary N) is 1. The van der Waals surface area contributed by atoms with Crippen LogP contribution in [0.2, 0.25) is 0 Å². The average Bonchev–Trinajstić information content (AvgIpc) is 2.52. The minimum absolute atomic E-state index is 0.133. The SMILES string of the molecule is C=CCOc1ccc(C(=O)NCCSSCCC(=O)O)cc1. The molecule has 0 aliphatic carbocycles. The molecule has 0 aromatic heterocycles. The minimum Gasteiger partial charge on any atom is -0.490 e. The zero-order valence-electron chi connectivity index (χ0n) is 12.1. The second kappa shape index (κ2) is 11.0. The van der Waals surface area contributed by atoms with Crippen molar-refractivity contribution < 1.29 is 19.4 Å². The first kappa shape index (κ1) is 18.4. The molecule has 7 heteroatoms. The van der Waals surface area contributed by atoms with Gasteiger partial charge in [-0.15, -0.1) is 0 Å². The van der Waals surface area contributed by atoms with Gasteiger partial charge >= 0.3 is 5.97 Å². The largest absolute Gasteiger partial charge is 0.490 e. The molecular formula is C15H19NO4S2. The van der Waals surface area contributed by atoms with Crippen molar-refractivity contribution in [1.29, 1.82) is 0 Å². The van der Waals surface area contributed by atoms with E-state index in [0.29, 0.717) is 30.2 Å². The summed E-state index contributed by atoms with van der Waals surface area (Å²) in [5, 5.41) is 11.3. The molecule has 0 fully saturated rings. The van der Waals surface area contributed by atoms with E-state index in [-0.39, 0.29) is 12.3 Å². The van der Waals surface area contributed by atoms with Gasteiger partial charge in [0.25, 0.3) is 5.91 Å². The number of benzene rings is 1. The molecule has 0 spiro atoms. The number of hydrogen-bond acceptors (Lipinski definition) is 5. The van der Waals surface area contributed by atoms with Crippen LogP contribution in [0.25, 0.3) is 0 Å². The highest BCUT2D eigenvalue weighted by molar-refractivity contribution is 8.76. The van der Waals surface area contributed by atoms with E-state index in [9.17, 15) is 9.59 Å².